The summed E-state index contributed by atoms with van der Waals surface area (Å²) in [5.74, 6) is 0. The van der Waals surface area contributed by atoms with Gasteiger partial charge in [0.2, 0.25) is 0 Å². The van der Waals surface area contributed by atoms with E-state index in [0.29, 0.717) is 6.04 Å². The Balaban J connectivity index is 3.07. The lowest BCUT2D eigenvalue weighted by molar-refractivity contribution is 0.274. The van der Waals surface area contributed by atoms with Crippen LogP contribution in [-0.4, -0.2) is 16.8 Å². The van der Waals surface area contributed by atoms with E-state index in [9.17, 15) is 0 Å². The Hall–Kier alpha value is -0.830. The fourth-order valence-corrected chi connectivity index (χ4v) is 1.93. The number of aryl methyl sites for hydroxylation is 2. The molecule has 0 spiro atoms. The minimum atomic E-state index is 0.203. The van der Waals surface area contributed by atoms with E-state index in [1.165, 1.54) is 5.69 Å². The summed E-state index contributed by atoms with van der Waals surface area (Å²) in [6.07, 6.45) is 0. The quantitative estimate of drug-likeness (QED) is 0.782. The summed E-state index contributed by atoms with van der Waals surface area (Å²) in [5, 5.41) is 7.72. The molecular formula is C11H21N3. The van der Waals surface area contributed by atoms with Gasteiger partial charge in [0.15, 0.2) is 0 Å². The van der Waals surface area contributed by atoms with E-state index in [4.69, 9.17) is 0 Å². The normalized spacial score (nSPS) is 14.4. The van der Waals surface area contributed by atoms with Crippen molar-refractivity contribution in [2.75, 3.05) is 7.05 Å². The van der Waals surface area contributed by atoms with E-state index in [-0.39, 0.29) is 5.41 Å². The number of rotatable bonds is 2. The zero-order valence-corrected chi connectivity index (χ0v) is 10.0. The Morgan fingerprint density at radius 2 is 2.00 bits per heavy atom. The van der Waals surface area contributed by atoms with Crippen LogP contribution in [0.1, 0.15) is 38.2 Å². The summed E-state index contributed by atoms with van der Waals surface area (Å²) < 4.78 is 1.96. The zero-order valence-electron chi connectivity index (χ0n) is 10.0. The molecule has 0 aliphatic heterocycles. The molecule has 0 radical (unpaired) electrons. The second-order valence-electron chi connectivity index (χ2n) is 4.92. The summed E-state index contributed by atoms with van der Waals surface area (Å²) in [6.45, 7) is 8.72. The molecule has 80 valence electrons. The van der Waals surface area contributed by atoms with E-state index in [2.05, 4.69) is 37.3 Å². The van der Waals surface area contributed by atoms with Crippen LogP contribution in [0, 0.1) is 12.3 Å². The maximum absolute atomic E-state index is 4.37. The van der Waals surface area contributed by atoms with Crippen molar-refractivity contribution < 1.29 is 0 Å². The average Bonchev–Trinajstić information content (AvgIpc) is 2.29. The molecule has 0 bridgehead atoms. The molecule has 3 nitrogen and oxygen atoms in total. The summed E-state index contributed by atoms with van der Waals surface area (Å²) in [5.41, 5.74) is 2.53. The minimum absolute atomic E-state index is 0.203. The van der Waals surface area contributed by atoms with Crippen LogP contribution in [0.3, 0.4) is 0 Å². The Labute approximate surface area is 86.5 Å². The summed E-state index contributed by atoms with van der Waals surface area (Å²) in [4.78, 5) is 0. The van der Waals surface area contributed by atoms with E-state index >= 15 is 0 Å². The van der Waals surface area contributed by atoms with Crippen LogP contribution >= 0.6 is 0 Å². The van der Waals surface area contributed by atoms with Gasteiger partial charge in [-0.05, 0) is 25.5 Å². The molecule has 1 aromatic heterocycles. The predicted octanol–water partition coefficient (Wildman–Crippen LogP) is 2.04. The molecule has 14 heavy (non-hydrogen) atoms. The first-order valence-electron chi connectivity index (χ1n) is 5.04. The van der Waals surface area contributed by atoms with Gasteiger partial charge in [0.05, 0.1) is 17.4 Å². The van der Waals surface area contributed by atoms with Crippen molar-refractivity contribution in [2.24, 2.45) is 12.5 Å². The van der Waals surface area contributed by atoms with Crippen molar-refractivity contribution in [3.8, 4) is 0 Å². The molecule has 0 amide bonds. The van der Waals surface area contributed by atoms with Crippen LogP contribution in [0.2, 0.25) is 0 Å². The highest BCUT2D eigenvalue weighted by Crippen LogP contribution is 2.32. The second-order valence-corrected chi connectivity index (χ2v) is 4.92. The monoisotopic (exact) mass is 195 g/mol. The molecule has 3 heteroatoms. The number of nitrogens with one attached hydrogen (secondary N) is 1. The molecule has 1 aromatic rings. The van der Waals surface area contributed by atoms with E-state index < -0.39 is 0 Å². The molecule has 0 aliphatic carbocycles. The van der Waals surface area contributed by atoms with Gasteiger partial charge in [-0.25, -0.2) is 0 Å². The SMILES string of the molecule is CNC(c1cc(C)nn1C)C(C)(C)C. The van der Waals surface area contributed by atoms with Gasteiger partial charge in [-0.2, -0.15) is 5.10 Å². The van der Waals surface area contributed by atoms with Gasteiger partial charge in [-0.3, -0.25) is 4.68 Å². The highest BCUT2D eigenvalue weighted by atomic mass is 15.3. The summed E-state index contributed by atoms with van der Waals surface area (Å²) in [7, 11) is 4.00. The third kappa shape index (κ3) is 2.15. The van der Waals surface area contributed by atoms with Gasteiger partial charge in [0.25, 0.3) is 0 Å². The maximum atomic E-state index is 4.37. The van der Waals surface area contributed by atoms with Crippen LogP contribution in [0.5, 0.6) is 0 Å². The van der Waals surface area contributed by atoms with Crippen molar-refractivity contribution in [3.05, 3.63) is 17.5 Å². The lowest BCUT2D eigenvalue weighted by Gasteiger charge is -2.30. The van der Waals surface area contributed by atoms with E-state index in [1.54, 1.807) is 0 Å². The fourth-order valence-electron chi connectivity index (χ4n) is 1.93. The van der Waals surface area contributed by atoms with Crippen molar-refractivity contribution in [3.63, 3.8) is 0 Å². The van der Waals surface area contributed by atoms with E-state index in [0.717, 1.165) is 5.69 Å². The zero-order chi connectivity index (χ0) is 10.9. The molecule has 0 saturated heterocycles. The lowest BCUT2D eigenvalue weighted by Crippen LogP contribution is -2.31. The van der Waals surface area contributed by atoms with Crippen molar-refractivity contribution in [2.45, 2.75) is 33.7 Å². The molecule has 1 heterocycles. The highest BCUT2D eigenvalue weighted by molar-refractivity contribution is 5.15. The van der Waals surface area contributed by atoms with Crippen LogP contribution in [0.4, 0.5) is 0 Å². The van der Waals surface area contributed by atoms with Gasteiger partial charge in [0, 0.05) is 7.05 Å². The third-order valence-corrected chi connectivity index (χ3v) is 2.49. The number of hydrogen-bond donors (Lipinski definition) is 1. The van der Waals surface area contributed by atoms with Crippen molar-refractivity contribution in [1.82, 2.24) is 15.1 Å². The second kappa shape index (κ2) is 3.73. The fraction of sp³-hybridized carbons (Fsp3) is 0.727. The van der Waals surface area contributed by atoms with Gasteiger partial charge in [0.1, 0.15) is 0 Å². The number of nitrogens with zero attached hydrogens (tertiary/aromatic N) is 2. The molecule has 0 aromatic carbocycles. The van der Waals surface area contributed by atoms with Crippen LogP contribution < -0.4 is 5.32 Å². The van der Waals surface area contributed by atoms with Crippen molar-refractivity contribution in [1.29, 1.82) is 0 Å². The molecule has 1 rings (SSSR count). The van der Waals surface area contributed by atoms with Crippen LogP contribution in [0.25, 0.3) is 0 Å². The largest absolute Gasteiger partial charge is 0.311 e. The van der Waals surface area contributed by atoms with Crippen LogP contribution in [-0.2, 0) is 7.05 Å². The molecule has 1 unspecified atom stereocenters. The number of aromatic nitrogens is 2. The average molecular weight is 195 g/mol. The van der Waals surface area contributed by atoms with Crippen LogP contribution in [0.15, 0.2) is 6.07 Å². The Morgan fingerprint density at radius 1 is 1.43 bits per heavy atom. The van der Waals surface area contributed by atoms with Crippen molar-refractivity contribution >= 4 is 0 Å². The Bertz CT molecular complexity index is 307. The first kappa shape index (κ1) is 11.2. The lowest BCUT2D eigenvalue weighted by atomic mass is 9.85. The number of hydrogen-bond acceptors (Lipinski definition) is 2. The summed E-state index contributed by atoms with van der Waals surface area (Å²) >= 11 is 0. The Kier molecular flexibility index (Phi) is 3.00. The first-order chi connectivity index (χ1) is 6.36. The molecule has 0 fully saturated rings. The van der Waals surface area contributed by atoms with Gasteiger partial charge >= 0.3 is 0 Å². The van der Waals surface area contributed by atoms with Gasteiger partial charge < -0.3 is 5.32 Å². The third-order valence-electron chi connectivity index (χ3n) is 2.49. The first-order valence-corrected chi connectivity index (χ1v) is 5.04. The maximum Gasteiger partial charge on any atom is 0.0597 e. The Morgan fingerprint density at radius 3 is 2.29 bits per heavy atom. The van der Waals surface area contributed by atoms with E-state index in [1.807, 2.05) is 25.7 Å². The minimum Gasteiger partial charge on any atom is -0.311 e. The topological polar surface area (TPSA) is 29.9 Å². The molecule has 0 saturated carbocycles. The summed E-state index contributed by atoms with van der Waals surface area (Å²) in [6, 6.07) is 2.49. The molecular weight excluding hydrogens is 174 g/mol. The highest BCUT2D eigenvalue weighted by Gasteiger charge is 2.27. The standard InChI is InChI=1S/C11H21N3/c1-8-7-9(14(6)13-8)10(12-5)11(2,3)4/h7,10,12H,1-6H3. The predicted molar refractivity (Wildman–Crippen MR) is 59.2 cm³/mol. The van der Waals surface area contributed by atoms with Gasteiger partial charge in [-0.1, -0.05) is 20.8 Å². The smallest absolute Gasteiger partial charge is 0.0597 e. The molecule has 1 atom stereocenters. The van der Waals surface area contributed by atoms with Gasteiger partial charge in [-0.15, -0.1) is 0 Å². The molecule has 1 N–H and O–H groups in total. The molecule has 0 aliphatic rings.